The summed E-state index contributed by atoms with van der Waals surface area (Å²) < 4.78 is 27.1. The predicted molar refractivity (Wildman–Crippen MR) is 81.2 cm³/mol. The Morgan fingerprint density at radius 1 is 1.50 bits per heavy atom. The van der Waals surface area contributed by atoms with E-state index in [1.807, 2.05) is 0 Å². The fraction of sp³-hybridized carbons (Fsp3) is 0.600. The van der Waals surface area contributed by atoms with E-state index < -0.39 is 14.9 Å². The summed E-state index contributed by atoms with van der Waals surface area (Å²) in [4.78, 5) is 10.3. The topological polar surface area (TPSA) is 101 Å². The molecule has 1 aromatic heterocycles. The van der Waals surface area contributed by atoms with Crippen LogP contribution in [0.3, 0.4) is 0 Å². The molecule has 10 heteroatoms. The van der Waals surface area contributed by atoms with E-state index in [1.54, 1.807) is 11.8 Å². The van der Waals surface area contributed by atoms with Crippen molar-refractivity contribution in [2.45, 2.75) is 23.1 Å². The SMILES string of the molecule is CNc1sc(S(=O)(=O)NC2CCCSC2)cc1[N+](=O)[O-]. The number of anilines is 1. The minimum Gasteiger partial charge on any atom is -0.374 e. The van der Waals surface area contributed by atoms with Crippen LogP contribution in [0.2, 0.25) is 0 Å². The van der Waals surface area contributed by atoms with Gasteiger partial charge in [-0.2, -0.15) is 11.8 Å². The van der Waals surface area contributed by atoms with Crippen LogP contribution in [0.25, 0.3) is 0 Å². The van der Waals surface area contributed by atoms with Gasteiger partial charge in [0.05, 0.1) is 4.92 Å². The Balaban J connectivity index is 2.22. The van der Waals surface area contributed by atoms with E-state index in [0.717, 1.165) is 41.8 Å². The lowest BCUT2D eigenvalue weighted by molar-refractivity contribution is -0.383. The van der Waals surface area contributed by atoms with E-state index >= 15 is 0 Å². The highest BCUT2D eigenvalue weighted by atomic mass is 32.2. The standard InChI is InChI=1S/C10H15N3O4S3/c1-11-10-8(13(14)15)5-9(19-10)20(16,17)12-7-3-2-4-18-6-7/h5,7,11-12H,2-4,6H2,1H3. The number of hydrogen-bond acceptors (Lipinski definition) is 7. The first-order chi connectivity index (χ1) is 9.44. The average Bonchev–Trinajstić information content (AvgIpc) is 2.84. The molecule has 0 aliphatic carbocycles. The molecular formula is C10H15N3O4S3. The highest BCUT2D eigenvalue weighted by molar-refractivity contribution is 7.99. The normalized spacial score (nSPS) is 19.8. The first-order valence-corrected chi connectivity index (χ1v) is 9.45. The van der Waals surface area contributed by atoms with Crippen molar-refractivity contribution in [1.82, 2.24) is 4.72 Å². The van der Waals surface area contributed by atoms with E-state index in [9.17, 15) is 18.5 Å². The molecule has 0 bridgehead atoms. The first-order valence-electron chi connectivity index (χ1n) is 6.00. The number of hydrogen-bond donors (Lipinski definition) is 2. The van der Waals surface area contributed by atoms with Crippen molar-refractivity contribution in [3.8, 4) is 0 Å². The first kappa shape index (κ1) is 15.5. The maximum absolute atomic E-state index is 12.2. The number of nitro groups is 1. The van der Waals surface area contributed by atoms with Gasteiger partial charge in [0.25, 0.3) is 10.0 Å². The van der Waals surface area contributed by atoms with E-state index in [1.165, 1.54) is 7.05 Å². The summed E-state index contributed by atoms with van der Waals surface area (Å²) in [7, 11) is -2.17. The largest absolute Gasteiger partial charge is 0.374 e. The molecule has 20 heavy (non-hydrogen) atoms. The lowest BCUT2D eigenvalue weighted by atomic mass is 10.2. The molecule has 1 atom stereocenters. The second-order valence-corrected chi connectivity index (χ2v) is 8.47. The summed E-state index contributed by atoms with van der Waals surface area (Å²) in [5, 5.41) is 13.8. The summed E-state index contributed by atoms with van der Waals surface area (Å²) in [5.74, 6) is 1.79. The van der Waals surface area contributed by atoms with Crippen molar-refractivity contribution in [2.75, 3.05) is 23.9 Å². The zero-order valence-electron chi connectivity index (χ0n) is 10.8. The number of sulfonamides is 1. The zero-order valence-corrected chi connectivity index (χ0v) is 13.2. The van der Waals surface area contributed by atoms with E-state index in [-0.39, 0.29) is 20.9 Å². The molecule has 7 nitrogen and oxygen atoms in total. The molecule has 0 radical (unpaired) electrons. The van der Waals surface area contributed by atoms with E-state index in [2.05, 4.69) is 10.0 Å². The molecule has 2 heterocycles. The second-order valence-electron chi connectivity index (χ2n) is 4.32. The molecule has 1 fully saturated rings. The Labute approximate surface area is 125 Å². The van der Waals surface area contributed by atoms with Crippen LogP contribution < -0.4 is 10.0 Å². The fourth-order valence-electron chi connectivity index (χ4n) is 1.92. The maximum Gasteiger partial charge on any atom is 0.304 e. The summed E-state index contributed by atoms with van der Waals surface area (Å²) in [6.07, 6.45) is 1.78. The maximum atomic E-state index is 12.2. The van der Waals surface area contributed by atoms with E-state index in [4.69, 9.17) is 0 Å². The van der Waals surface area contributed by atoms with Gasteiger partial charge in [0.15, 0.2) is 5.00 Å². The highest BCUT2D eigenvalue weighted by Gasteiger charge is 2.28. The molecule has 2 N–H and O–H groups in total. The second kappa shape index (κ2) is 6.29. The molecular weight excluding hydrogens is 322 g/mol. The Bertz CT molecular complexity index is 593. The zero-order chi connectivity index (χ0) is 14.8. The molecule has 0 spiro atoms. The van der Waals surface area contributed by atoms with Crippen molar-refractivity contribution >= 4 is 43.8 Å². The lowest BCUT2D eigenvalue weighted by Gasteiger charge is -2.21. The van der Waals surface area contributed by atoms with Crippen LogP contribution >= 0.6 is 23.1 Å². The Morgan fingerprint density at radius 3 is 2.75 bits per heavy atom. The molecule has 1 unspecified atom stereocenters. The van der Waals surface area contributed by atoms with Crippen LogP contribution in [-0.4, -0.2) is 37.9 Å². The molecule has 0 amide bonds. The third-order valence-corrected chi connectivity index (χ3v) is 7.21. The van der Waals surface area contributed by atoms with Crippen LogP contribution in [0.4, 0.5) is 10.7 Å². The molecule has 2 rings (SSSR count). The summed E-state index contributed by atoms with van der Waals surface area (Å²) in [6.45, 7) is 0. The number of thiophene rings is 1. The fourth-order valence-corrected chi connectivity index (χ4v) is 5.66. The van der Waals surface area contributed by atoms with Crippen LogP contribution in [0, 0.1) is 10.1 Å². The van der Waals surface area contributed by atoms with Gasteiger partial charge in [0, 0.05) is 24.9 Å². The third kappa shape index (κ3) is 3.43. The lowest BCUT2D eigenvalue weighted by Crippen LogP contribution is -2.37. The van der Waals surface area contributed by atoms with Crippen molar-refractivity contribution in [3.63, 3.8) is 0 Å². The average molecular weight is 337 g/mol. The number of nitrogens with zero attached hydrogens (tertiary/aromatic N) is 1. The van der Waals surface area contributed by atoms with E-state index in [0.29, 0.717) is 0 Å². The molecule has 1 aliphatic rings. The van der Waals surface area contributed by atoms with Gasteiger partial charge in [-0.25, -0.2) is 13.1 Å². The molecule has 1 aromatic rings. The van der Waals surface area contributed by atoms with Crippen LogP contribution in [0.15, 0.2) is 10.3 Å². The summed E-state index contributed by atoms with van der Waals surface area (Å²) >= 11 is 2.59. The smallest absolute Gasteiger partial charge is 0.304 e. The van der Waals surface area contributed by atoms with Crippen LogP contribution in [0.1, 0.15) is 12.8 Å². The van der Waals surface area contributed by atoms with Gasteiger partial charge in [-0.05, 0) is 18.6 Å². The molecule has 112 valence electrons. The Morgan fingerprint density at radius 2 is 2.25 bits per heavy atom. The van der Waals surface area contributed by atoms with Crippen molar-refractivity contribution in [2.24, 2.45) is 0 Å². The summed E-state index contributed by atoms with van der Waals surface area (Å²) in [5.41, 5.74) is -0.212. The number of rotatable bonds is 5. The van der Waals surface area contributed by atoms with Crippen LogP contribution in [0.5, 0.6) is 0 Å². The van der Waals surface area contributed by atoms with Gasteiger partial charge in [0.1, 0.15) is 4.21 Å². The van der Waals surface area contributed by atoms with Gasteiger partial charge in [-0.1, -0.05) is 11.3 Å². The summed E-state index contributed by atoms with van der Waals surface area (Å²) in [6, 6.07) is 1.01. The number of thioether (sulfide) groups is 1. The van der Waals surface area contributed by atoms with Gasteiger partial charge in [-0.3, -0.25) is 10.1 Å². The van der Waals surface area contributed by atoms with Gasteiger partial charge in [-0.15, -0.1) is 0 Å². The molecule has 1 saturated heterocycles. The monoisotopic (exact) mass is 337 g/mol. The number of nitrogens with one attached hydrogen (secondary N) is 2. The molecule has 0 saturated carbocycles. The minimum atomic E-state index is -3.69. The van der Waals surface area contributed by atoms with Crippen LogP contribution in [-0.2, 0) is 10.0 Å². The third-order valence-electron chi connectivity index (χ3n) is 2.86. The highest BCUT2D eigenvalue weighted by Crippen LogP contribution is 2.36. The predicted octanol–water partition coefficient (Wildman–Crippen LogP) is 1.87. The quantitative estimate of drug-likeness (QED) is 0.628. The molecule has 0 aromatic carbocycles. The Kier molecular flexibility index (Phi) is 4.89. The van der Waals surface area contributed by atoms with Gasteiger partial charge >= 0.3 is 5.69 Å². The van der Waals surface area contributed by atoms with Gasteiger partial charge < -0.3 is 5.32 Å². The van der Waals surface area contributed by atoms with Crippen molar-refractivity contribution in [1.29, 1.82) is 0 Å². The Hall–Kier alpha value is -0.840. The van der Waals surface area contributed by atoms with Gasteiger partial charge in [0.2, 0.25) is 0 Å². The van der Waals surface area contributed by atoms with Crippen molar-refractivity contribution < 1.29 is 13.3 Å². The minimum absolute atomic E-state index is 0.0240. The van der Waals surface area contributed by atoms with Crippen molar-refractivity contribution in [3.05, 3.63) is 16.2 Å². The molecule has 1 aliphatic heterocycles.